The highest BCUT2D eigenvalue weighted by Crippen LogP contribution is 2.32. The second kappa shape index (κ2) is 12.0. The fraction of sp³-hybridized carbons (Fsp3) is 0.233. The Morgan fingerprint density at radius 3 is 2.47 bits per heavy atom. The number of benzene rings is 3. The van der Waals surface area contributed by atoms with Crippen LogP contribution in [0.15, 0.2) is 65.6 Å². The molecule has 7 nitrogen and oxygen atoms in total. The van der Waals surface area contributed by atoms with E-state index in [0.717, 1.165) is 45.5 Å². The number of imide groups is 1. The van der Waals surface area contributed by atoms with E-state index in [2.05, 4.69) is 5.32 Å². The minimum atomic E-state index is -0.358. The molecule has 3 aromatic rings. The predicted octanol–water partition coefficient (Wildman–Crippen LogP) is 6.05. The third-order valence-electron chi connectivity index (χ3n) is 5.97. The Morgan fingerprint density at radius 2 is 1.68 bits per heavy atom. The van der Waals surface area contributed by atoms with Gasteiger partial charge in [0.2, 0.25) is 0 Å². The van der Waals surface area contributed by atoms with Crippen LogP contribution in [0.4, 0.5) is 10.5 Å². The normalized spacial score (nSPS) is 14.2. The number of ether oxygens (including phenoxy) is 2. The van der Waals surface area contributed by atoms with Crippen LogP contribution in [0.25, 0.3) is 6.08 Å². The van der Waals surface area contributed by atoms with Crippen molar-refractivity contribution in [2.75, 3.05) is 25.1 Å². The van der Waals surface area contributed by atoms with Crippen molar-refractivity contribution < 1.29 is 23.9 Å². The van der Waals surface area contributed by atoms with E-state index in [9.17, 15) is 14.4 Å². The number of hydrogen-bond acceptors (Lipinski definition) is 6. The monoisotopic (exact) mass is 530 g/mol. The first-order chi connectivity index (χ1) is 18.2. The van der Waals surface area contributed by atoms with Crippen LogP contribution in [0.3, 0.4) is 0 Å². The average Bonchev–Trinajstić information content (AvgIpc) is 3.14. The summed E-state index contributed by atoms with van der Waals surface area (Å²) in [6.07, 6.45) is 1.65. The van der Waals surface area contributed by atoms with Crippen molar-refractivity contribution in [3.05, 3.63) is 93.4 Å². The maximum Gasteiger partial charge on any atom is 0.293 e. The first-order valence-corrected chi connectivity index (χ1v) is 13.1. The molecule has 8 heteroatoms. The quantitative estimate of drug-likeness (QED) is 0.339. The molecule has 0 radical (unpaired) electrons. The van der Waals surface area contributed by atoms with E-state index in [4.69, 9.17) is 9.47 Å². The van der Waals surface area contributed by atoms with Crippen LogP contribution in [-0.2, 0) is 9.59 Å². The smallest absolute Gasteiger partial charge is 0.293 e. The van der Waals surface area contributed by atoms with Crippen LogP contribution in [0.1, 0.15) is 27.8 Å². The van der Waals surface area contributed by atoms with E-state index in [1.807, 2.05) is 64.1 Å². The Kier molecular flexibility index (Phi) is 8.53. The summed E-state index contributed by atoms with van der Waals surface area (Å²) in [5, 5.41) is 2.52. The van der Waals surface area contributed by atoms with E-state index in [0.29, 0.717) is 16.2 Å². The highest BCUT2D eigenvalue weighted by molar-refractivity contribution is 8.18. The third-order valence-corrected chi connectivity index (χ3v) is 6.88. The van der Waals surface area contributed by atoms with Crippen molar-refractivity contribution in [1.82, 2.24) is 4.90 Å². The topological polar surface area (TPSA) is 84.9 Å². The number of hydrogen-bond donors (Lipinski definition) is 1. The van der Waals surface area contributed by atoms with Crippen molar-refractivity contribution in [2.24, 2.45) is 0 Å². The minimum Gasteiger partial charge on any atom is -0.491 e. The fourth-order valence-electron chi connectivity index (χ4n) is 3.94. The van der Waals surface area contributed by atoms with Crippen molar-refractivity contribution >= 4 is 40.6 Å². The maximum atomic E-state index is 12.9. The zero-order chi connectivity index (χ0) is 27.2. The van der Waals surface area contributed by atoms with E-state index in [1.165, 1.54) is 4.90 Å². The molecule has 0 aliphatic carbocycles. The van der Waals surface area contributed by atoms with Crippen LogP contribution in [0.2, 0.25) is 0 Å². The lowest BCUT2D eigenvalue weighted by atomic mass is 10.1. The first kappa shape index (κ1) is 27.0. The van der Waals surface area contributed by atoms with Gasteiger partial charge in [-0.05, 0) is 92.1 Å². The van der Waals surface area contributed by atoms with Gasteiger partial charge in [0.15, 0.2) is 6.61 Å². The molecular formula is C30H30N2O5S. The summed E-state index contributed by atoms with van der Waals surface area (Å²) in [5.74, 6) is 0.595. The third kappa shape index (κ3) is 6.83. The molecule has 1 fully saturated rings. The number of nitrogens with zero attached hydrogens (tertiary/aromatic N) is 1. The summed E-state index contributed by atoms with van der Waals surface area (Å²) >= 11 is 0.894. The summed E-state index contributed by atoms with van der Waals surface area (Å²) in [5.41, 5.74) is 5.60. The maximum absolute atomic E-state index is 12.9. The lowest BCUT2D eigenvalue weighted by molar-refractivity contribution is -0.123. The Bertz CT molecular complexity index is 1420. The molecule has 0 bridgehead atoms. The number of carbonyl (C=O) groups is 3. The molecule has 38 heavy (non-hydrogen) atoms. The summed E-state index contributed by atoms with van der Waals surface area (Å²) in [6.45, 7) is 8.08. The van der Waals surface area contributed by atoms with Crippen LogP contribution in [-0.4, -0.2) is 41.7 Å². The van der Waals surface area contributed by atoms with Crippen LogP contribution in [0.5, 0.6) is 11.5 Å². The number of nitrogens with one attached hydrogen (secondary N) is 1. The van der Waals surface area contributed by atoms with Gasteiger partial charge in [-0.25, -0.2) is 0 Å². The highest BCUT2D eigenvalue weighted by Gasteiger charge is 2.34. The molecule has 1 aliphatic rings. The number of amides is 3. The van der Waals surface area contributed by atoms with Gasteiger partial charge in [-0.1, -0.05) is 42.0 Å². The van der Waals surface area contributed by atoms with Crippen LogP contribution in [0, 0.1) is 27.7 Å². The summed E-state index contributed by atoms with van der Waals surface area (Å²) in [6, 6.07) is 18.8. The van der Waals surface area contributed by atoms with Crippen molar-refractivity contribution in [3.8, 4) is 11.5 Å². The molecule has 1 aliphatic heterocycles. The molecular weight excluding hydrogens is 500 g/mol. The summed E-state index contributed by atoms with van der Waals surface area (Å²) < 4.78 is 11.5. The molecule has 196 valence electrons. The van der Waals surface area contributed by atoms with Crippen molar-refractivity contribution in [2.45, 2.75) is 27.7 Å². The van der Waals surface area contributed by atoms with Gasteiger partial charge in [0.1, 0.15) is 18.1 Å². The Hall–Kier alpha value is -4.04. The minimum absolute atomic E-state index is 0.159. The van der Waals surface area contributed by atoms with E-state index in [1.54, 1.807) is 30.3 Å². The zero-order valence-electron chi connectivity index (χ0n) is 21.9. The van der Waals surface area contributed by atoms with Gasteiger partial charge in [0.25, 0.3) is 17.1 Å². The van der Waals surface area contributed by atoms with E-state index in [-0.39, 0.29) is 36.8 Å². The highest BCUT2D eigenvalue weighted by atomic mass is 32.2. The molecule has 0 spiro atoms. The van der Waals surface area contributed by atoms with Gasteiger partial charge in [0.05, 0.1) is 11.4 Å². The molecule has 0 atom stereocenters. The number of rotatable bonds is 9. The SMILES string of the molecule is Cc1ccc(NC(=O)COc2cccc(/C=C3\SC(=O)N(CCOc4cc(C)ccc4C)C3=O)c2)c(C)c1. The van der Waals surface area contributed by atoms with Gasteiger partial charge < -0.3 is 14.8 Å². The number of anilines is 1. The van der Waals surface area contributed by atoms with Gasteiger partial charge in [-0.2, -0.15) is 0 Å². The van der Waals surface area contributed by atoms with Crippen LogP contribution < -0.4 is 14.8 Å². The fourth-order valence-corrected chi connectivity index (χ4v) is 4.80. The molecule has 0 saturated carbocycles. The molecule has 1 heterocycles. The van der Waals surface area contributed by atoms with Crippen LogP contribution >= 0.6 is 11.8 Å². The standard InChI is InChI=1S/C30H30N2O5S/c1-19-9-11-25(22(4)14-19)31-28(33)18-37-24-7-5-6-23(16-24)17-27-29(34)32(30(35)38-27)12-13-36-26-15-20(2)8-10-21(26)3/h5-11,14-17H,12-13,18H2,1-4H3,(H,31,33)/b27-17-. The lowest BCUT2D eigenvalue weighted by Gasteiger charge is -2.14. The number of aryl methyl sites for hydroxylation is 4. The number of carbonyl (C=O) groups excluding carboxylic acids is 3. The predicted molar refractivity (Wildman–Crippen MR) is 151 cm³/mol. The largest absolute Gasteiger partial charge is 0.491 e. The van der Waals surface area contributed by atoms with E-state index < -0.39 is 0 Å². The number of thioether (sulfide) groups is 1. The Labute approximate surface area is 226 Å². The molecule has 0 unspecified atom stereocenters. The van der Waals surface area contributed by atoms with Gasteiger partial charge >= 0.3 is 0 Å². The van der Waals surface area contributed by atoms with Gasteiger partial charge in [0, 0.05) is 5.69 Å². The second-order valence-corrected chi connectivity index (χ2v) is 10.2. The summed E-state index contributed by atoms with van der Waals surface area (Å²) in [7, 11) is 0. The molecule has 3 amide bonds. The van der Waals surface area contributed by atoms with E-state index >= 15 is 0 Å². The zero-order valence-corrected chi connectivity index (χ0v) is 22.7. The summed E-state index contributed by atoms with van der Waals surface area (Å²) in [4.78, 5) is 39.3. The Balaban J connectivity index is 1.33. The molecule has 1 saturated heterocycles. The average molecular weight is 531 g/mol. The van der Waals surface area contributed by atoms with Gasteiger partial charge in [-0.3, -0.25) is 19.3 Å². The Morgan fingerprint density at radius 1 is 0.921 bits per heavy atom. The molecule has 1 N–H and O–H groups in total. The molecule has 0 aromatic heterocycles. The molecule has 4 rings (SSSR count). The van der Waals surface area contributed by atoms with Crippen molar-refractivity contribution in [3.63, 3.8) is 0 Å². The van der Waals surface area contributed by atoms with Gasteiger partial charge in [-0.15, -0.1) is 0 Å². The lowest BCUT2D eigenvalue weighted by Crippen LogP contribution is -2.32. The second-order valence-electron chi connectivity index (χ2n) is 9.18. The first-order valence-electron chi connectivity index (χ1n) is 12.2. The van der Waals surface area contributed by atoms with Crippen molar-refractivity contribution in [1.29, 1.82) is 0 Å². The molecule has 3 aromatic carbocycles.